The molecule has 1 saturated heterocycles. The standard InChI is InChI=1S/C25H22N2O7/c1-17(28)25(33-24(29)19-8-12-21(13-9-19)27(30)31)16-23(18-10-14-22(32-2)15-11-18)26(34-25)20-6-4-3-5-7-20/h3-15,23H,16H2,1-2H3/t23-,25-/m1/s1. The summed E-state index contributed by atoms with van der Waals surface area (Å²) in [5.74, 6) is -2.51. The predicted molar refractivity (Wildman–Crippen MR) is 122 cm³/mol. The summed E-state index contributed by atoms with van der Waals surface area (Å²) in [6, 6.07) is 21.0. The Balaban J connectivity index is 1.68. The molecule has 0 amide bonds. The zero-order chi connectivity index (χ0) is 24.3. The maximum Gasteiger partial charge on any atom is 0.341 e. The van der Waals surface area contributed by atoms with Crippen molar-refractivity contribution in [2.75, 3.05) is 12.2 Å². The number of hydrogen-bond acceptors (Lipinski definition) is 8. The van der Waals surface area contributed by atoms with E-state index in [1.165, 1.54) is 31.2 Å². The fourth-order valence-electron chi connectivity index (χ4n) is 3.75. The number of nitro benzene ring substituents is 1. The number of anilines is 1. The van der Waals surface area contributed by atoms with Gasteiger partial charge in [0.2, 0.25) is 5.78 Å². The van der Waals surface area contributed by atoms with Gasteiger partial charge in [-0.15, -0.1) is 0 Å². The number of non-ortho nitro benzene ring substituents is 1. The number of methoxy groups -OCH3 is 1. The number of ether oxygens (including phenoxy) is 2. The predicted octanol–water partition coefficient (Wildman–Crippen LogP) is 4.63. The molecule has 2 atom stereocenters. The van der Waals surface area contributed by atoms with Crippen LogP contribution < -0.4 is 9.80 Å². The normalized spacial score (nSPS) is 19.5. The molecule has 1 heterocycles. The van der Waals surface area contributed by atoms with E-state index in [0.717, 1.165) is 5.56 Å². The first-order valence-electron chi connectivity index (χ1n) is 10.5. The lowest BCUT2D eigenvalue weighted by atomic mass is 9.97. The summed E-state index contributed by atoms with van der Waals surface area (Å²) >= 11 is 0. The highest BCUT2D eigenvalue weighted by Crippen LogP contribution is 2.45. The number of rotatable bonds is 7. The molecule has 0 radical (unpaired) electrons. The van der Waals surface area contributed by atoms with Crippen LogP contribution in [0.5, 0.6) is 5.75 Å². The molecule has 1 aliphatic rings. The molecule has 1 aliphatic heterocycles. The average Bonchev–Trinajstić information content (AvgIpc) is 3.25. The SMILES string of the molecule is COc1ccc([C@H]2C[C@](OC(=O)c3ccc([N+](=O)[O-])cc3)(C(C)=O)ON2c2ccccc2)cc1. The molecule has 0 saturated carbocycles. The van der Waals surface area contributed by atoms with Crippen LogP contribution in [-0.2, 0) is 14.4 Å². The third-order valence-electron chi connectivity index (χ3n) is 5.61. The number of hydroxylamine groups is 1. The molecular weight excluding hydrogens is 440 g/mol. The number of carbonyl (C=O) groups is 2. The van der Waals surface area contributed by atoms with Gasteiger partial charge >= 0.3 is 5.97 Å². The van der Waals surface area contributed by atoms with Crippen LogP contribution in [0, 0.1) is 10.1 Å². The molecule has 174 valence electrons. The number of nitro groups is 1. The van der Waals surface area contributed by atoms with Crippen molar-refractivity contribution in [1.29, 1.82) is 0 Å². The lowest BCUT2D eigenvalue weighted by molar-refractivity contribution is -0.384. The molecule has 3 aromatic rings. The zero-order valence-electron chi connectivity index (χ0n) is 18.5. The second-order valence-corrected chi connectivity index (χ2v) is 7.75. The van der Waals surface area contributed by atoms with Crippen LogP contribution in [-0.4, -0.2) is 29.6 Å². The third kappa shape index (κ3) is 4.46. The minimum Gasteiger partial charge on any atom is -0.497 e. The Morgan fingerprint density at radius 2 is 1.68 bits per heavy atom. The van der Waals surface area contributed by atoms with Gasteiger partial charge in [0.05, 0.1) is 35.7 Å². The molecule has 0 spiro atoms. The maximum absolute atomic E-state index is 12.9. The molecule has 3 aromatic carbocycles. The summed E-state index contributed by atoms with van der Waals surface area (Å²) in [5, 5.41) is 12.5. The lowest BCUT2D eigenvalue weighted by Gasteiger charge is -2.27. The van der Waals surface area contributed by atoms with Crippen LogP contribution in [0.3, 0.4) is 0 Å². The van der Waals surface area contributed by atoms with Crippen molar-refractivity contribution in [3.05, 3.63) is 100 Å². The van der Waals surface area contributed by atoms with Crippen LogP contribution >= 0.6 is 0 Å². The minimum absolute atomic E-state index is 0.0439. The van der Waals surface area contributed by atoms with Crippen molar-refractivity contribution in [1.82, 2.24) is 0 Å². The van der Waals surface area contributed by atoms with Crippen molar-refractivity contribution in [3.63, 3.8) is 0 Å². The van der Waals surface area contributed by atoms with E-state index in [-0.39, 0.29) is 17.7 Å². The van der Waals surface area contributed by atoms with E-state index in [4.69, 9.17) is 14.3 Å². The first kappa shape index (κ1) is 22.9. The summed E-state index contributed by atoms with van der Waals surface area (Å²) in [4.78, 5) is 42.1. The molecule has 0 N–H and O–H groups in total. The number of nitrogens with zero attached hydrogens (tertiary/aromatic N) is 2. The molecule has 0 bridgehead atoms. The molecule has 0 unspecified atom stereocenters. The Kier molecular flexibility index (Phi) is 6.29. The maximum atomic E-state index is 12.9. The summed E-state index contributed by atoms with van der Waals surface area (Å²) in [6.45, 7) is 1.29. The van der Waals surface area contributed by atoms with Gasteiger partial charge in [0.1, 0.15) is 5.75 Å². The van der Waals surface area contributed by atoms with Crippen LogP contribution in [0.2, 0.25) is 0 Å². The molecule has 9 nitrogen and oxygen atoms in total. The Bertz CT molecular complexity index is 1200. The Morgan fingerprint density at radius 1 is 1.03 bits per heavy atom. The van der Waals surface area contributed by atoms with Crippen LogP contribution in [0.25, 0.3) is 0 Å². The smallest absolute Gasteiger partial charge is 0.341 e. The largest absolute Gasteiger partial charge is 0.497 e. The van der Waals surface area contributed by atoms with Crippen LogP contribution in [0.1, 0.15) is 35.3 Å². The topological polar surface area (TPSA) is 108 Å². The summed E-state index contributed by atoms with van der Waals surface area (Å²) in [5.41, 5.74) is 1.41. The van der Waals surface area contributed by atoms with Gasteiger partial charge in [-0.2, -0.15) is 0 Å². The fraction of sp³-hybridized carbons (Fsp3) is 0.200. The quantitative estimate of drug-likeness (QED) is 0.284. The van der Waals surface area contributed by atoms with Crippen molar-refractivity contribution in [2.45, 2.75) is 25.2 Å². The second-order valence-electron chi connectivity index (χ2n) is 7.75. The first-order chi connectivity index (χ1) is 16.3. The minimum atomic E-state index is -1.88. The van der Waals surface area contributed by atoms with Crippen LogP contribution in [0.15, 0.2) is 78.9 Å². The van der Waals surface area contributed by atoms with Gasteiger partial charge in [-0.05, 0) is 42.0 Å². The number of esters is 1. The van der Waals surface area contributed by atoms with E-state index in [1.807, 2.05) is 42.5 Å². The second kappa shape index (κ2) is 9.32. The van der Waals surface area contributed by atoms with Gasteiger partial charge < -0.3 is 9.47 Å². The van der Waals surface area contributed by atoms with Gasteiger partial charge in [-0.3, -0.25) is 14.9 Å². The van der Waals surface area contributed by atoms with Gasteiger partial charge in [-0.1, -0.05) is 30.3 Å². The number of benzene rings is 3. The summed E-state index contributed by atoms with van der Waals surface area (Å²) < 4.78 is 10.9. The van der Waals surface area contributed by atoms with E-state index in [9.17, 15) is 19.7 Å². The Morgan fingerprint density at radius 3 is 2.24 bits per heavy atom. The highest BCUT2D eigenvalue weighted by Gasteiger charge is 2.53. The molecule has 0 aromatic heterocycles. The van der Waals surface area contributed by atoms with Gasteiger partial charge in [0.15, 0.2) is 0 Å². The summed E-state index contributed by atoms with van der Waals surface area (Å²) in [6.07, 6.45) is 0.0439. The first-order valence-corrected chi connectivity index (χ1v) is 10.5. The van der Waals surface area contributed by atoms with E-state index in [0.29, 0.717) is 11.4 Å². The zero-order valence-corrected chi connectivity index (χ0v) is 18.5. The highest BCUT2D eigenvalue weighted by atomic mass is 16.8. The van der Waals surface area contributed by atoms with Gasteiger partial charge in [0.25, 0.3) is 11.5 Å². The molecular formula is C25H22N2O7. The van der Waals surface area contributed by atoms with E-state index in [1.54, 1.807) is 24.3 Å². The van der Waals surface area contributed by atoms with Crippen molar-refractivity contribution >= 4 is 23.1 Å². The number of hydrogen-bond donors (Lipinski definition) is 0. The van der Waals surface area contributed by atoms with E-state index >= 15 is 0 Å². The van der Waals surface area contributed by atoms with E-state index < -0.39 is 28.5 Å². The summed E-state index contributed by atoms with van der Waals surface area (Å²) in [7, 11) is 1.57. The van der Waals surface area contributed by atoms with Crippen molar-refractivity contribution < 1.29 is 28.8 Å². The van der Waals surface area contributed by atoms with Crippen LogP contribution in [0.4, 0.5) is 11.4 Å². The fourth-order valence-corrected chi connectivity index (χ4v) is 3.75. The monoisotopic (exact) mass is 462 g/mol. The lowest BCUT2D eigenvalue weighted by Crippen LogP contribution is -2.43. The molecule has 1 fully saturated rings. The molecule has 4 rings (SSSR count). The van der Waals surface area contributed by atoms with E-state index in [2.05, 4.69) is 0 Å². The van der Waals surface area contributed by atoms with Crippen molar-refractivity contribution in [2.24, 2.45) is 0 Å². The number of ketones is 1. The molecule has 9 heteroatoms. The Labute approximate surface area is 195 Å². The number of para-hydroxylation sites is 1. The van der Waals surface area contributed by atoms with Gasteiger partial charge in [-0.25, -0.2) is 14.7 Å². The molecule has 34 heavy (non-hydrogen) atoms. The third-order valence-corrected chi connectivity index (χ3v) is 5.61. The molecule has 0 aliphatic carbocycles. The average molecular weight is 462 g/mol. The highest BCUT2D eigenvalue weighted by molar-refractivity contribution is 5.94. The van der Waals surface area contributed by atoms with Crippen molar-refractivity contribution in [3.8, 4) is 5.75 Å². The Hall–Kier alpha value is -4.24. The number of Topliss-reactive ketones (excluding diaryl/α,β-unsaturated/α-hetero) is 1. The van der Waals surface area contributed by atoms with Gasteiger partial charge in [0, 0.05) is 19.1 Å². The number of carbonyl (C=O) groups excluding carboxylic acids is 2.